The highest BCUT2D eigenvalue weighted by molar-refractivity contribution is 5.90. The van der Waals surface area contributed by atoms with Gasteiger partial charge in [0.25, 0.3) is 5.56 Å². The Balaban J connectivity index is 1.32. The summed E-state index contributed by atoms with van der Waals surface area (Å²) in [6, 6.07) is 3.83. The molecule has 2 aromatic rings. The molecule has 0 bridgehead atoms. The first-order valence-electron chi connectivity index (χ1n) is 11.0. The monoisotopic (exact) mass is 426 g/mol. The standard InChI is InChI=1S/C22H30N6O3/c1-16-18(21(30)26-22(24-16)28-11-13-31-14-12-28)6-8-20(29)25-17-5-7-19(23-15-17)27-9-3-2-4-10-27/h5,7,15H,2-4,6,8-14H2,1H3,(H,25,29)(H,24,26,30). The summed E-state index contributed by atoms with van der Waals surface area (Å²) in [5.41, 5.74) is 1.68. The van der Waals surface area contributed by atoms with Crippen molar-refractivity contribution < 1.29 is 9.53 Å². The van der Waals surface area contributed by atoms with Gasteiger partial charge < -0.3 is 19.9 Å². The van der Waals surface area contributed by atoms with Gasteiger partial charge in [0.15, 0.2) is 0 Å². The van der Waals surface area contributed by atoms with Gasteiger partial charge in [-0.25, -0.2) is 9.97 Å². The minimum atomic E-state index is -0.186. The number of aromatic amines is 1. The van der Waals surface area contributed by atoms with E-state index in [-0.39, 0.29) is 17.9 Å². The van der Waals surface area contributed by atoms with E-state index in [0.29, 0.717) is 55.6 Å². The van der Waals surface area contributed by atoms with Crippen molar-refractivity contribution in [1.29, 1.82) is 0 Å². The number of amides is 1. The van der Waals surface area contributed by atoms with E-state index in [1.165, 1.54) is 19.3 Å². The van der Waals surface area contributed by atoms with Crippen LogP contribution in [0.25, 0.3) is 0 Å². The summed E-state index contributed by atoms with van der Waals surface area (Å²) in [6.45, 7) is 6.53. The van der Waals surface area contributed by atoms with Crippen LogP contribution in [0.4, 0.5) is 17.5 Å². The second-order valence-electron chi connectivity index (χ2n) is 8.05. The zero-order chi connectivity index (χ0) is 21.6. The zero-order valence-corrected chi connectivity index (χ0v) is 18.0. The molecule has 166 valence electrons. The highest BCUT2D eigenvalue weighted by Gasteiger charge is 2.17. The summed E-state index contributed by atoms with van der Waals surface area (Å²) in [7, 11) is 0. The van der Waals surface area contributed by atoms with Crippen LogP contribution < -0.4 is 20.7 Å². The van der Waals surface area contributed by atoms with Crippen molar-refractivity contribution in [3.63, 3.8) is 0 Å². The summed E-state index contributed by atoms with van der Waals surface area (Å²) in [6.07, 6.45) is 5.90. The first-order chi connectivity index (χ1) is 15.1. The van der Waals surface area contributed by atoms with Crippen molar-refractivity contribution in [3.05, 3.63) is 39.9 Å². The lowest BCUT2D eigenvalue weighted by atomic mass is 10.1. The van der Waals surface area contributed by atoms with Gasteiger partial charge >= 0.3 is 0 Å². The third kappa shape index (κ3) is 5.41. The number of nitrogens with one attached hydrogen (secondary N) is 2. The largest absolute Gasteiger partial charge is 0.378 e. The van der Waals surface area contributed by atoms with E-state index in [1.807, 2.05) is 24.0 Å². The first-order valence-corrected chi connectivity index (χ1v) is 11.0. The summed E-state index contributed by atoms with van der Waals surface area (Å²) in [4.78, 5) is 41.1. The lowest BCUT2D eigenvalue weighted by Crippen LogP contribution is -2.38. The smallest absolute Gasteiger partial charge is 0.255 e. The Labute approximate surface area is 181 Å². The van der Waals surface area contributed by atoms with Crippen molar-refractivity contribution in [2.45, 2.75) is 39.0 Å². The fourth-order valence-corrected chi connectivity index (χ4v) is 4.05. The molecule has 2 aliphatic rings. The molecule has 0 aliphatic carbocycles. The molecule has 2 aliphatic heterocycles. The number of morpholine rings is 1. The molecule has 0 radical (unpaired) electrons. The quantitative estimate of drug-likeness (QED) is 0.727. The van der Waals surface area contributed by atoms with E-state index in [1.54, 1.807) is 6.20 Å². The van der Waals surface area contributed by atoms with E-state index in [0.717, 1.165) is 18.9 Å². The number of carbonyl (C=O) groups is 1. The molecule has 31 heavy (non-hydrogen) atoms. The van der Waals surface area contributed by atoms with Crippen LogP contribution >= 0.6 is 0 Å². The van der Waals surface area contributed by atoms with Crippen LogP contribution in [0.1, 0.15) is 36.9 Å². The van der Waals surface area contributed by atoms with Crippen molar-refractivity contribution in [2.24, 2.45) is 0 Å². The maximum absolute atomic E-state index is 12.6. The van der Waals surface area contributed by atoms with Gasteiger partial charge in [-0.05, 0) is 44.7 Å². The predicted octanol–water partition coefficient (Wildman–Crippen LogP) is 1.87. The van der Waals surface area contributed by atoms with Crippen LogP contribution in [-0.2, 0) is 16.0 Å². The zero-order valence-electron chi connectivity index (χ0n) is 18.0. The molecule has 2 fully saturated rings. The average molecular weight is 427 g/mol. The number of carbonyl (C=O) groups excluding carboxylic acids is 1. The number of ether oxygens (including phenoxy) is 1. The molecular weight excluding hydrogens is 396 g/mol. The number of pyridine rings is 1. The second-order valence-corrected chi connectivity index (χ2v) is 8.05. The Morgan fingerprint density at radius 2 is 1.90 bits per heavy atom. The normalized spacial score (nSPS) is 16.9. The SMILES string of the molecule is Cc1nc(N2CCOCC2)[nH]c(=O)c1CCC(=O)Nc1ccc(N2CCCCC2)nc1. The van der Waals surface area contributed by atoms with Gasteiger partial charge in [-0.1, -0.05) is 0 Å². The Morgan fingerprint density at radius 3 is 2.58 bits per heavy atom. The highest BCUT2D eigenvalue weighted by Crippen LogP contribution is 2.19. The molecule has 0 saturated carbocycles. The number of rotatable bonds is 6. The molecule has 0 spiro atoms. The highest BCUT2D eigenvalue weighted by atomic mass is 16.5. The van der Waals surface area contributed by atoms with Gasteiger partial charge in [0, 0.05) is 43.9 Å². The van der Waals surface area contributed by atoms with E-state index >= 15 is 0 Å². The summed E-state index contributed by atoms with van der Waals surface area (Å²) >= 11 is 0. The van der Waals surface area contributed by atoms with Crippen LogP contribution in [0.5, 0.6) is 0 Å². The fraction of sp³-hybridized carbons (Fsp3) is 0.545. The van der Waals surface area contributed by atoms with Gasteiger partial charge in [0.2, 0.25) is 11.9 Å². The Bertz CT molecular complexity index is 947. The number of hydrogen-bond donors (Lipinski definition) is 2. The molecule has 0 atom stereocenters. The van der Waals surface area contributed by atoms with Crippen LogP contribution in [0.15, 0.2) is 23.1 Å². The number of H-pyrrole nitrogens is 1. The average Bonchev–Trinajstić information content (AvgIpc) is 2.80. The van der Waals surface area contributed by atoms with Crippen LogP contribution in [0, 0.1) is 6.92 Å². The molecule has 2 aromatic heterocycles. The van der Waals surface area contributed by atoms with E-state index in [9.17, 15) is 9.59 Å². The number of nitrogens with zero attached hydrogens (tertiary/aromatic N) is 4. The number of hydrogen-bond acceptors (Lipinski definition) is 7. The van der Waals surface area contributed by atoms with E-state index < -0.39 is 0 Å². The minimum absolute atomic E-state index is 0.149. The minimum Gasteiger partial charge on any atom is -0.378 e. The summed E-state index contributed by atoms with van der Waals surface area (Å²) < 4.78 is 5.34. The molecule has 4 heterocycles. The Hall–Kier alpha value is -2.94. The Kier molecular flexibility index (Phi) is 6.81. The van der Waals surface area contributed by atoms with Crippen molar-refractivity contribution in [2.75, 3.05) is 54.5 Å². The number of anilines is 3. The maximum atomic E-state index is 12.6. The number of aryl methyl sites for hydroxylation is 1. The van der Waals surface area contributed by atoms with Crippen molar-refractivity contribution in [1.82, 2.24) is 15.0 Å². The maximum Gasteiger partial charge on any atom is 0.255 e. The third-order valence-electron chi connectivity index (χ3n) is 5.83. The number of aromatic nitrogens is 3. The molecule has 0 aromatic carbocycles. The van der Waals surface area contributed by atoms with Gasteiger partial charge in [-0.3, -0.25) is 14.6 Å². The molecule has 9 nitrogen and oxygen atoms in total. The molecule has 2 saturated heterocycles. The molecule has 9 heteroatoms. The number of piperidine rings is 1. The molecule has 1 amide bonds. The first kappa shape index (κ1) is 21.3. The predicted molar refractivity (Wildman–Crippen MR) is 120 cm³/mol. The van der Waals surface area contributed by atoms with Gasteiger partial charge in [-0.2, -0.15) is 0 Å². The summed E-state index contributed by atoms with van der Waals surface area (Å²) in [5, 5.41) is 2.87. The fourth-order valence-electron chi connectivity index (χ4n) is 4.05. The molecule has 0 unspecified atom stereocenters. The Morgan fingerprint density at radius 1 is 1.13 bits per heavy atom. The topological polar surface area (TPSA) is 103 Å². The van der Waals surface area contributed by atoms with Crippen LogP contribution in [0.3, 0.4) is 0 Å². The van der Waals surface area contributed by atoms with E-state index in [2.05, 4.69) is 25.2 Å². The lowest BCUT2D eigenvalue weighted by molar-refractivity contribution is -0.116. The van der Waals surface area contributed by atoms with Gasteiger partial charge in [-0.15, -0.1) is 0 Å². The van der Waals surface area contributed by atoms with Gasteiger partial charge in [0.1, 0.15) is 5.82 Å². The molecular formula is C22H30N6O3. The van der Waals surface area contributed by atoms with Crippen molar-refractivity contribution >= 4 is 23.4 Å². The van der Waals surface area contributed by atoms with Crippen LogP contribution in [-0.4, -0.2) is 60.3 Å². The van der Waals surface area contributed by atoms with Crippen LogP contribution in [0.2, 0.25) is 0 Å². The van der Waals surface area contributed by atoms with Crippen molar-refractivity contribution in [3.8, 4) is 0 Å². The summed E-state index contributed by atoms with van der Waals surface area (Å²) in [5.74, 6) is 1.37. The second kappa shape index (κ2) is 9.91. The third-order valence-corrected chi connectivity index (χ3v) is 5.83. The van der Waals surface area contributed by atoms with E-state index in [4.69, 9.17) is 4.74 Å². The van der Waals surface area contributed by atoms with Gasteiger partial charge in [0.05, 0.1) is 25.1 Å². The molecule has 2 N–H and O–H groups in total. The lowest BCUT2D eigenvalue weighted by Gasteiger charge is -2.27. The molecule has 4 rings (SSSR count).